The van der Waals surface area contributed by atoms with E-state index in [2.05, 4.69) is 82.1 Å². The molecule has 0 saturated heterocycles. The lowest BCUT2D eigenvalue weighted by Crippen LogP contribution is -2.00. The first-order chi connectivity index (χ1) is 13.2. The molecule has 0 aliphatic rings. The maximum atomic E-state index is 4.49. The second-order valence-corrected chi connectivity index (χ2v) is 7.44. The minimum atomic E-state index is 0.828. The zero-order chi connectivity index (χ0) is 18.6. The molecule has 0 spiro atoms. The lowest BCUT2D eigenvalue weighted by Gasteiger charge is -2.11. The molecule has 0 amide bonds. The van der Waals surface area contributed by atoms with Gasteiger partial charge in [0.15, 0.2) is 11.0 Å². The van der Waals surface area contributed by atoms with Crippen LogP contribution in [0.4, 0.5) is 0 Å². The van der Waals surface area contributed by atoms with Crippen molar-refractivity contribution in [3.63, 3.8) is 0 Å². The third-order valence-corrected chi connectivity index (χ3v) is 5.28. The number of thioether (sulfide) groups is 1. The minimum Gasteiger partial charge on any atom is -0.270 e. The van der Waals surface area contributed by atoms with Gasteiger partial charge in [0.2, 0.25) is 0 Å². The predicted octanol–water partition coefficient (Wildman–Crippen LogP) is 5.24. The van der Waals surface area contributed by atoms with Gasteiger partial charge in [-0.25, -0.2) is 0 Å². The summed E-state index contributed by atoms with van der Waals surface area (Å²) in [5.74, 6) is 1.68. The molecule has 0 N–H and O–H groups in total. The Hall–Kier alpha value is -2.92. The summed E-state index contributed by atoms with van der Waals surface area (Å²) >= 11 is 1.70. The minimum absolute atomic E-state index is 0.828. The highest BCUT2D eigenvalue weighted by atomic mass is 32.2. The number of hydrogen-bond donors (Lipinski definition) is 0. The van der Waals surface area contributed by atoms with Crippen LogP contribution in [-0.4, -0.2) is 19.7 Å². The van der Waals surface area contributed by atoms with E-state index in [1.165, 1.54) is 16.7 Å². The van der Waals surface area contributed by atoms with Gasteiger partial charge in [-0.1, -0.05) is 53.7 Å². The molecule has 0 aliphatic carbocycles. The van der Waals surface area contributed by atoms with E-state index >= 15 is 0 Å². The van der Waals surface area contributed by atoms with Gasteiger partial charge in [-0.2, -0.15) is 0 Å². The van der Waals surface area contributed by atoms with Crippen LogP contribution in [0.5, 0.6) is 0 Å². The Kier molecular flexibility index (Phi) is 5.03. The second-order valence-electron chi connectivity index (χ2n) is 6.49. The number of hydrogen-bond acceptors (Lipinski definition) is 4. The normalized spacial score (nSPS) is 10.9. The summed E-state index contributed by atoms with van der Waals surface area (Å²) in [5.41, 5.74) is 5.83. The zero-order valence-electron chi connectivity index (χ0n) is 15.3. The average Bonchev–Trinajstić information content (AvgIpc) is 3.11. The fraction of sp³-hybridized carbons (Fsp3) is 0.136. The lowest BCUT2D eigenvalue weighted by atomic mass is 10.2. The second kappa shape index (κ2) is 7.76. The molecule has 0 fully saturated rings. The molecule has 4 rings (SSSR count). The van der Waals surface area contributed by atoms with Crippen LogP contribution < -0.4 is 0 Å². The first kappa shape index (κ1) is 17.5. The van der Waals surface area contributed by atoms with Crippen molar-refractivity contribution < 1.29 is 0 Å². The first-order valence-corrected chi connectivity index (χ1v) is 9.80. The largest absolute Gasteiger partial charge is 0.270 e. The Morgan fingerprint density at radius 2 is 1.59 bits per heavy atom. The molecule has 0 aliphatic heterocycles. The van der Waals surface area contributed by atoms with Gasteiger partial charge in [0, 0.05) is 29.4 Å². The van der Waals surface area contributed by atoms with Crippen molar-refractivity contribution in [3.05, 3.63) is 89.7 Å². The number of rotatable bonds is 5. The zero-order valence-corrected chi connectivity index (χ0v) is 16.1. The third-order valence-electron chi connectivity index (χ3n) is 4.28. The molecule has 0 saturated carbocycles. The van der Waals surface area contributed by atoms with Crippen molar-refractivity contribution in [2.45, 2.75) is 24.8 Å². The van der Waals surface area contributed by atoms with Gasteiger partial charge < -0.3 is 0 Å². The van der Waals surface area contributed by atoms with E-state index in [9.17, 15) is 0 Å². The molecule has 0 unspecified atom stereocenters. The van der Waals surface area contributed by atoms with Gasteiger partial charge in [0.1, 0.15) is 0 Å². The van der Waals surface area contributed by atoms with E-state index in [0.717, 1.165) is 28.0 Å². The van der Waals surface area contributed by atoms with Gasteiger partial charge >= 0.3 is 0 Å². The van der Waals surface area contributed by atoms with Gasteiger partial charge in [-0.3, -0.25) is 9.55 Å². The summed E-state index contributed by atoms with van der Waals surface area (Å²) in [5, 5.41) is 9.86. The Morgan fingerprint density at radius 1 is 0.852 bits per heavy atom. The summed E-state index contributed by atoms with van der Waals surface area (Å²) in [6.07, 6.45) is 3.56. The summed E-state index contributed by atoms with van der Waals surface area (Å²) < 4.78 is 2.13. The maximum absolute atomic E-state index is 4.49. The molecule has 4 aromatic rings. The molecule has 0 bridgehead atoms. The molecule has 4 nitrogen and oxygen atoms in total. The highest BCUT2D eigenvalue weighted by Crippen LogP contribution is 2.30. The number of pyridine rings is 1. The number of benzene rings is 2. The van der Waals surface area contributed by atoms with Crippen molar-refractivity contribution in [2.75, 3.05) is 0 Å². The van der Waals surface area contributed by atoms with Crippen LogP contribution in [0.2, 0.25) is 0 Å². The summed E-state index contributed by atoms with van der Waals surface area (Å²) in [6, 6.07) is 20.9. The average molecular weight is 372 g/mol. The van der Waals surface area contributed by atoms with Crippen molar-refractivity contribution >= 4 is 11.8 Å². The number of nitrogens with zero attached hydrogens (tertiary/aromatic N) is 4. The van der Waals surface area contributed by atoms with Crippen LogP contribution in [0.25, 0.3) is 17.1 Å². The van der Waals surface area contributed by atoms with Crippen LogP contribution in [0.3, 0.4) is 0 Å². The molecule has 2 aromatic carbocycles. The number of aryl methyl sites for hydroxylation is 2. The van der Waals surface area contributed by atoms with Gasteiger partial charge in [-0.05, 0) is 49.2 Å². The van der Waals surface area contributed by atoms with Crippen LogP contribution in [0, 0.1) is 13.8 Å². The predicted molar refractivity (Wildman–Crippen MR) is 110 cm³/mol. The molecule has 0 atom stereocenters. The summed E-state index contributed by atoms with van der Waals surface area (Å²) in [7, 11) is 0. The molecular weight excluding hydrogens is 352 g/mol. The van der Waals surface area contributed by atoms with Crippen molar-refractivity contribution in [3.8, 4) is 17.1 Å². The smallest absolute Gasteiger partial charge is 0.196 e. The summed E-state index contributed by atoms with van der Waals surface area (Å²) in [4.78, 5) is 4.12. The van der Waals surface area contributed by atoms with E-state index in [4.69, 9.17) is 0 Å². The van der Waals surface area contributed by atoms with Crippen molar-refractivity contribution in [1.29, 1.82) is 0 Å². The van der Waals surface area contributed by atoms with E-state index in [1.807, 2.05) is 12.1 Å². The molecule has 134 valence electrons. The fourth-order valence-electron chi connectivity index (χ4n) is 3.00. The van der Waals surface area contributed by atoms with Gasteiger partial charge in [0.25, 0.3) is 0 Å². The molecular formula is C22H20N4S. The Labute approximate surface area is 163 Å². The standard InChI is InChI=1S/C22H20N4S/c1-16-5-3-7-18(13-16)15-27-22-25-24-21(19-9-11-23-12-10-19)26(22)20-8-4-6-17(2)14-20/h3-14H,15H2,1-2H3. The van der Waals surface area contributed by atoms with Gasteiger partial charge in [0.05, 0.1) is 0 Å². The molecule has 2 aromatic heterocycles. The van der Waals surface area contributed by atoms with Crippen LogP contribution in [0.15, 0.2) is 78.2 Å². The lowest BCUT2D eigenvalue weighted by molar-refractivity contribution is 0.885. The summed E-state index contributed by atoms with van der Waals surface area (Å²) in [6.45, 7) is 4.21. The van der Waals surface area contributed by atoms with Crippen LogP contribution >= 0.6 is 11.8 Å². The maximum Gasteiger partial charge on any atom is 0.196 e. The van der Waals surface area contributed by atoms with Gasteiger partial charge in [-0.15, -0.1) is 10.2 Å². The first-order valence-electron chi connectivity index (χ1n) is 8.82. The number of aromatic nitrogens is 4. The van der Waals surface area contributed by atoms with Crippen LogP contribution in [0.1, 0.15) is 16.7 Å². The topological polar surface area (TPSA) is 43.6 Å². The van der Waals surface area contributed by atoms with E-state index in [-0.39, 0.29) is 0 Å². The van der Waals surface area contributed by atoms with E-state index in [1.54, 1.807) is 24.2 Å². The quantitative estimate of drug-likeness (QED) is 0.450. The van der Waals surface area contributed by atoms with E-state index in [0.29, 0.717) is 0 Å². The molecule has 27 heavy (non-hydrogen) atoms. The third kappa shape index (κ3) is 3.93. The Morgan fingerprint density at radius 3 is 2.33 bits per heavy atom. The SMILES string of the molecule is Cc1cccc(CSc2nnc(-c3ccncc3)n2-c2cccc(C)c2)c1. The molecule has 2 heterocycles. The Balaban J connectivity index is 1.74. The van der Waals surface area contributed by atoms with Crippen LogP contribution in [-0.2, 0) is 5.75 Å². The highest BCUT2D eigenvalue weighted by molar-refractivity contribution is 7.98. The Bertz CT molecular complexity index is 1060. The highest BCUT2D eigenvalue weighted by Gasteiger charge is 2.16. The van der Waals surface area contributed by atoms with Crippen molar-refractivity contribution in [2.24, 2.45) is 0 Å². The molecule has 0 radical (unpaired) electrons. The van der Waals surface area contributed by atoms with E-state index < -0.39 is 0 Å². The van der Waals surface area contributed by atoms with Crippen molar-refractivity contribution in [1.82, 2.24) is 19.7 Å². The fourth-order valence-corrected chi connectivity index (χ4v) is 3.90. The monoisotopic (exact) mass is 372 g/mol. The molecule has 5 heteroatoms.